The van der Waals surface area contributed by atoms with E-state index in [9.17, 15) is 49.2 Å². The maximum atomic E-state index is 13.5. The molecule has 20 nitrogen and oxygen atoms in total. The first-order chi connectivity index (χ1) is 27.4. The summed E-state index contributed by atoms with van der Waals surface area (Å²) in [5.74, 6) is -6.21. The van der Waals surface area contributed by atoms with Crippen LogP contribution in [-0.4, -0.2) is 129 Å². The standard InChI is InChI=1S/C35H42ClN9O11S2/c1-5-7-8-10-43(11-9-38-28(49)23-27(48)20-18(44(6-2)41-23)12-19(46)26(47)21(20)36)13-16-14-57-31-24(30(51)45(31)25(16)32(52)53)40-29(50)22(17-15-58-34(37)39-17)42-56-35(3,4)33(54)55/h12,15,24,31,46-47H,5-11,13-14H2,1-4H3,(H2,37,39)(H,38,49)(H,40,50)(H,52,53)(H,54,55)/b42-22-/t24-,31-/m1/s1. The molecule has 0 aliphatic carbocycles. The van der Waals surface area contributed by atoms with Gasteiger partial charge in [-0.1, -0.05) is 36.5 Å². The molecule has 4 heterocycles. The molecule has 2 aliphatic rings. The molecule has 2 aromatic heterocycles. The zero-order valence-corrected chi connectivity index (χ0v) is 34.2. The van der Waals surface area contributed by atoms with E-state index in [4.69, 9.17) is 22.2 Å². The Morgan fingerprint density at radius 1 is 1.16 bits per heavy atom. The minimum Gasteiger partial charge on any atom is -0.504 e. The zero-order valence-electron chi connectivity index (χ0n) is 31.8. The van der Waals surface area contributed by atoms with Gasteiger partial charge in [-0.25, -0.2) is 14.6 Å². The lowest BCUT2D eigenvalue weighted by atomic mass is 10.0. The Morgan fingerprint density at radius 2 is 1.88 bits per heavy atom. The highest BCUT2D eigenvalue weighted by Crippen LogP contribution is 2.41. The minimum absolute atomic E-state index is 0.0219. The van der Waals surface area contributed by atoms with Crippen LogP contribution < -0.4 is 21.8 Å². The molecule has 0 bridgehead atoms. The maximum absolute atomic E-state index is 13.5. The lowest BCUT2D eigenvalue weighted by Crippen LogP contribution is -2.71. The molecule has 58 heavy (non-hydrogen) atoms. The van der Waals surface area contributed by atoms with Crippen LogP contribution in [-0.2, 0) is 30.6 Å². The van der Waals surface area contributed by atoms with Crippen molar-refractivity contribution >= 4 is 86.1 Å². The zero-order chi connectivity index (χ0) is 42.6. The number of aromatic nitrogens is 3. The number of aryl methyl sites for hydroxylation is 1. The first-order valence-corrected chi connectivity index (χ1v) is 20.3. The highest BCUT2D eigenvalue weighted by Gasteiger charge is 2.54. The molecule has 312 valence electrons. The number of fused-ring (bicyclic) bond motifs is 2. The maximum Gasteiger partial charge on any atom is 0.352 e. The van der Waals surface area contributed by atoms with Gasteiger partial charge in [0, 0.05) is 43.4 Å². The number of nitrogens with zero attached hydrogens (tertiary/aromatic N) is 6. The fraction of sp³-hybridized carbons (Fsp3) is 0.457. The molecule has 1 aromatic carbocycles. The second-order valence-electron chi connectivity index (χ2n) is 13.7. The normalized spacial score (nSPS) is 17.0. The predicted molar refractivity (Wildman–Crippen MR) is 214 cm³/mol. The lowest BCUT2D eigenvalue weighted by molar-refractivity contribution is -0.161. The number of carbonyl (C=O) groups is 5. The van der Waals surface area contributed by atoms with E-state index in [1.165, 1.54) is 35.7 Å². The van der Waals surface area contributed by atoms with Crippen LogP contribution in [0.5, 0.6) is 11.5 Å². The number of thioether (sulfide) groups is 1. The van der Waals surface area contributed by atoms with Crippen molar-refractivity contribution < 1.29 is 49.2 Å². The average molecular weight is 864 g/mol. The monoisotopic (exact) mass is 863 g/mol. The van der Waals surface area contributed by atoms with Gasteiger partial charge in [0.1, 0.15) is 22.8 Å². The summed E-state index contributed by atoms with van der Waals surface area (Å²) in [7, 11) is 0. The van der Waals surface area contributed by atoms with Gasteiger partial charge < -0.3 is 41.6 Å². The summed E-state index contributed by atoms with van der Waals surface area (Å²) in [5.41, 5.74) is 2.46. The van der Waals surface area contributed by atoms with Crippen molar-refractivity contribution in [2.24, 2.45) is 5.16 Å². The molecule has 3 aromatic rings. The second-order valence-corrected chi connectivity index (χ2v) is 16.1. The number of benzene rings is 1. The van der Waals surface area contributed by atoms with Crippen molar-refractivity contribution in [1.29, 1.82) is 0 Å². The number of amides is 3. The number of nitrogen functional groups attached to an aromatic ring is 1. The second kappa shape index (κ2) is 18.0. The number of hydrogen-bond acceptors (Lipinski definition) is 16. The van der Waals surface area contributed by atoms with E-state index >= 15 is 0 Å². The number of phenolic OH excluding ortho intramolecular Hbond substituents is 2. The van der Waals surface area contributed by atoms with Gasteiger partial charge in [-0.2, -0.15) is 5.10 Å². The van der Waals surface area contributed by atoms with Crippen LogP contribution in [0.4, 0.5) is 5.13 Å². The number of nitrogens with two attached hydrogens (primary N) is 1. The third kappa shape index (κ3) is 8.98. The SMILES string of the molecule is CCCCCN(CCNC(=O)c1nn(CC)c2cc(O)c(O)c(Cl)c2c1=O)CC1=C(C(=O)O)N2C(=O)[C@@H](NC(=O)/C(=N\OC(C)(C)C(=O)O)c3csc(N)n3)[C@H]2SC1. The summed E-state index contributed by atoms with van der Waals surface area (Å²) >= 11 is 8.42. The molecule has 0 saturated carbocycles. The van der Waals surface area contributed by atoms with E-state index in [0.29, 0.717) is 12.1 Å². The van der Waals surface area contributed by atoms with Crippen molar-refractivity contribution in [3.05, 3.63) is 49.4 Å². The lowest BCUT2D eigenvalue weighted by Gasteiger charge is -2.49. The first-order valence-electron chi connectivity index (χ1n) is 18.0. The van der Waals surface area contributed by atoms with E-state index in [-0.39, 0.29) is 59.4 Å². The number of unbranched alkanes of at least 4 members (excludes halogenated alkanes) is 2. The number of hydrogen-bond donors (Lipinski definition) is 7. The fourth-order valence-corrected chi connectivity index (χ4v) is 8.27. The number of rotatable bonds is 18. The van der Waals surface area contributed by atoms with Crippen molar-refractivity contribution in [3.8, 4) is 11.5 Å². The van der Waals surface area contributed by atoms with Gasteiger partial charge in [0.2, 0.25) is 11.0 Å². The smallest absolute Gasteiger partial charge is 0.352 e. The van der Waals surface area contributed by atoms with E-state index < -0.39 is 80.0 Å². The highest BCUT2D eigenvalue weighted by atomic mass is 35.5. The van der Waals surface area contributed by atoms with Crippen LogP contribution >= 0.6 is 34.7 Å². The minimum atomic E-state index is -1.82. The van der Waals surface area contributed by atoms with Gasteiger partial charge >= 0.3 is 11.9 Å². The van der Waals surface area contributed by atoms with Gasteiger partial charge in [0.15, 0.2) is 28.0 Å². The quantitative estimate of drug-likeness (QED) is 0.0315. The Hall–Kier alpha value is -5.45. The van der Waals surface area contributed by atoms with Crippen LogP contribution in [0.1, 0.15) is 63.1 Å². The summed E-state index contributed by atoms with van der Waals surface area (Å²) < 4.78 is 1.30. The Balaban J connectivity index is 1.31. The Bertz CT molecular complexity index is 2280. The number of aromatic hydroxyl groups is 2. The number of oxime groups is 1. The Morgan fingerprint density at radius 3 is 2.50 bits per heavy atom. The third-order valence-electron chi connectivity index (χ3n) is 9.26. The average Bonchev–Trinajstić information content (AvgIpc) is 3.60. The van der Waals surface area contributed by atoms with E-state index in [1.54, 1.807) is 6.92 Å². The highest BCUT2D eigenvalue weighted by molar-refractivity contribution is 8.00. The molecule has 5 rings (SSSR count). The first kappa shape index (κ1) is 43.7. The number of anilines is 1. The van der Waals surface area contributed by atoms with E-state index in [0.717, 1.165) is 41.6 Å². The summed E-state index contributed by atoms with van der Waals surface area (Å²) in [4.78, 5) is 90.1. The number of β-lactam (4-membered cyclic amide) rings is 1. The summed E-state index contributed by atoms with van der Waals surface area (Å²) in [6.45, 7) is 7.26. The molecule has 23 heteroatoms. The topological polar surface area (TPSA) is 292 Å². The van der Waals surface area contributed by atoms with Gasteiger partial charge in [0.05, 0.1) is 15.9 Å². The number of carboxylic acid groups (broad SMARTS) is 2. The van der Waals surface area contributed by atoms with E-state index in [1.807, 2.05) is 11.8 Å². The number of carbonyl (C=O) groups excluding carboxylic acids is 3. The molecule has 2 atom stereocenters. The molecular weight excluding hydrogens is 822 g/mol. The molecule has 1 saturated heterocycles. The molecule has 0 spiro atoms. The number of nitrogens with one attached hydrogen (secondary N) is 2. The summed E-state index contributed by atoms with van der Waals surface area (Å²) in [6.07, 6.45) is 2.52. The fourth-order valence-electron chi connectivity index (χ4n) is 6.11. The number of halogens is 1. The van der Waals surface area contributed by atoms with Crippen LogP contribution in [0.15, 0.2) is 32.7 Å². The summed E-state index contributed by atoms with van der Waals surface area (Å²) in [6, 6.07) is -0.0294. The number of thiazole rings is 1. The summed E-state index contributed by atoms with van der Waals surface area (Å²) in [5, 5.41) is 53.2. The molecule has 0 unspecified atom stereocenters. The van der Waals surface area contributed by atoms with Crippen LogP contribution in [0, 0.1) is 0 Å². The molecular formula is C35H42ClN9O11S2. The number of phenols is 2. The van der Waals surface area contributed by atoms with Crippen molar-refractivity contribution in [1.82, 2.24) is 35.2 Å². The molecule has 8 N–H and O–H groups in total. The van der Waals surface area contributed by atoms with Crippen molar-refractivity contribution in [2.45, 2.75) is 70.5 Å². The van der Waals surface area contributed by atoms with Gasteiger partial charge in [-0.3, -0.25) is 33.7 Å². The Labute approximate surface area is 343 Å². The van der Waals surface area contributed by atoms with E-state index in [2.05, 4.69) is 25.9 Å². The molecule has 1 fully saturated rings. The Kier molecular flexibility index (Phi) is 13.6. The van der Waals surface area contributed by atoms with Gasteiger partial charge in [-0.15, -0.1) is 23.1 Å². The van der Waals surface area contributed by atoms with Gasteiger partial charge in [-0.05, 0) is 39.3 Å². The van der Waals surface area contributed by atoms with Crippen LogP contribution in [0.3, 0.4) is 0 Å². The molecule has 0 radical (unpaired) electrons. The largest absolute Gasteiger partial charge is 0.504 e. The van der Waals surface area contributed by atoms with Crippen LogP contribution in [0.25, 0.3) is 10.9 Å². The predicted octanol–water partition coefficient (Wildman–Crippen LogP) is 1.76. The number of carboxylic acids is 2. The molecule has 2 aliphatic heterocycles. The third-order valence-corrected chi connectivity index (χ3v) is 11.6. The van der Waals surface area contributed by atoms with Crippen molar-refractivity contribution in [2.75, 3.05) is 37.7 Å². The number of aliphatic carboxylic acids is 2. The van der Waals surface area contributed by atoms with Crippen LogP contribution in [0.2, 0.25) is 5.02 Å². The molecule has 3 amide bonds. The van der Waals surface area contributed by atoms with Gasteiger partial charge in [0.25, 0.3) is 17.7 Å². The van der Waals surface area contributed by atoms with Crippen molar-refractivity contribution in [3.63, 3.8) is 0 Å².